The molecule has 3 rings (SSSR count). The molecule has 0 unspecified atom stereocenters. The molecule has 0 saturated heterocycles. The average Bonchev–Trinajstić information content (AvgIpc) is 2.91. The monoisotopic (exact) mass is 321 g/mol. The Morgan fingerprint density at radius 1 is 1.14 bits per heavy atom. The fourth-order valence-electron chi connectivity index (χ4n) is 3.84. The summed E-state index contributed by atoms with van der Waals surface area (Å²) in [4.78, 5) is 0. The summed E-state index contributed by atoms with van der Waals surface area (Å²) < 4.78 is 13.6. The Balaban J connectivity index is 1.99. The Labute approximate surface area is 135 Å². The number of halogens is 2. The maximum atomic E-state index is 13.6. The van der Waals surface area contributed by atoms with Gasteiger partial charge in [-0.2, -0.15) is 0 Å². The van der Waals surface area contributed by atoms with Crippen molar-refractivity contribution in [2.45, 2.75) is 51.4 Å². The molecule has 1 N–H and O–H groups in total. The van der Waals surface area contributed by atoms with Gasteiger partial charge in [-0.05, 0) is 49.7 Å². The highest BCUT2D eigenvalue weighted by Gasteiger charge is 2.30. The summed E-state index contributed by atoms with van der Waals surface area (Å²) in [5.41, 5.74) is 4.21. The van der Waals surface area contributed by atoms with E-state index in [0.29, 0.717) is 12.3 Å². The fourth-order valence-corrected chi connectivity index (χ4v) is 3.98. The van der Waals surface area contributed by atoms with Gasteiger partial charge >= 0.3 is 0 Å². The Bertz CT molecular complexity index is 607. The van der Waals surface area contributed by atoms with Gasteiger partial charge in [0, 0.05) is 5.57 Å². The number of nitrogens with zero attached hydrogens (tertiary/aromatic N) is 1. The van der Waals surface area contributed by atoms with Crippen molar-refractivity contribution in [1.82, 2.24) is 0 Å². The fraction of sp³-hybridized carbons (Fsp3) is 0.500. The number of hydrogen-bond acceptors (Lipinski definition) is 2. The summed E-state index contributed by atoms with van der Waals surface area (Å²) in [5, 5.41) is 13.0. The van der Waals surface area contributed by atoms with Gasteiger partial charge in [0.15, 0.2) is 0 Å². The first kappa shape index (κ1) is 15.5. The van der Waals surface area contributed by atoms with Crippen LogP contribution in [0.3, 0.4) is 0 Å². The van der Waals surface area contributed by atoms with Crippen LogP contribution in [0.25, 0.3) is 0 Å². The molecule has 3 aliphatic carbocycles. The lowest BCUT2D eigenvalue weighted by atomic mass is 9.81. The standard InChI is InChI=1S/C18H21ClFNO/c19-15-9-6-13(7-10-16(15)20)18-14(8-11-17(18)21-22)12-4-2-1-3-5-12/h7,9-10,12,22H,1-6,8,11H2/b21-17-. The Kier molecular flexibility index (Phi) is 4.82. The van der Waals surface area contributed by atoms with E-state index in [4.69, 9.17) is 11.6 Å². The molecule has 22 heavy (non-hydrogen) atoms. The maximum absolute atomic E-state index is 13.6. The van der Waals surface area contributed by atoms with Crippen molar-refractivity contribution in [3.05, 3.63) is 45.8 Å². The van der Waals surface area contributed by atoms with Gasteiger partial charge in [0.1, 0.15) is 5.83 Å². The van der Waals surface area contributed by atoms with Crippen LogP contribution < -0.4 is 0 Å². The predicted molar refractivity (Wildman–Crippen MR) is 87.9 cm³/mol. The quantitative estimate of drug-likeness (QED) is 0.506. The van der Waals surface area contributed by atoms with Crippen LogP contribution in [0.5, 0.6) is 0 Å². The summed E-state index contributed by atoms with van der Waals surface area (Å²) in [6.07, 6.45) is 13.5. The molecule has 0 amide bonds. The molecule has 4 heteroatoms. The van der Waals surface area contributed by atoms with E-state index in [0.717, 1.165) is 29.7 Å². The molecule has 0 spiro atoms. The molecule has 2 nitrogen and oxygen atoms in total. The summed E-state index contributed by atoms with van der Waals surface area (Å²) in [6, 6.07) is 0. The molecule has 118 valence electrons. The van der Waals surface area contributed by atoms with Crippen molar-refractivity contribution >= 4 is 17.3 Å². The van der Waals surface area contributed by atoms with E-state index in [9.17, 15) is 9.60 Å². The smallest absolute Gasteiger partial charge is 0.141 e. The second-order valence-corrected chi connectivity index (χ2v) is 6.65. The van der Waals surface area contributed by atoms with Gasteiger partial charge in [0.25, 0.3) is 0 Å². The Hall–Kier alpha value is -1.35. The second-order valence-electron chi connectivity index (χ2n) is 6.24. The first-order valence-corrected chi connectivity index (χ1v) is 8.45. The summed E-state index contributed by atoms with van der Waals surface area (Å²) in [6.45, 7) is 0. The molecule has 0 heterocycles. The number of allylic oxidation sites excluding steroid dienone is 8. The third-order valence-electron chi connectivity index (χ3n) is 4.94. The van der Waals surface area contributed by atoms with E-state index < -0.39 is 5.83 Å². The van der Waals surface area contributed by atoms with Crippen LogP contribution in [0.2, 0.25) is 0 Å². The first-order chi connectivity index (χ1) is 10.7. The molecule has 0 aromatic carbocycles. The molecular weight excluding hydrogens is 301 g/mol. The van der Waals surface area contributed by atoms with Gasteiger partial charge in [-0.25, -0.2) is 4.39 Å². The highest BCUT2D eigenvalue weighted by atomic mass is 35.5. The van der Waals surface area contributed by atoms with E-state index in [2.05, 4.69) is 5.16 Å². The Morgan fingerprint density at radius 2 is 1.91 bits per heavy atom. The second kappa shape index (κ2) is 6.82. The van der Waals surface area contributed by atoms with E-state index in [1.165, 1.54) is 43.8 Å². The van der Waals surface area contributed by atoms with Gasteiger partial charge in [-0.3, -0.25) is 0 Å². The molecule has 0 radical (unpaired) electrons. The molecule has 0 aromatic heterocycles. The van der Waals surface area contributed by atoms with Crippen LogP contribution in [0.1, 0.15) is 51.4 Å². The first-order valence-electron chi connectivity index (χ1n) is 8.08. The minimum Gasteiger partial charge on any atom is -0.411 e. The largest absolute Gasteiger partial charge is 0.411 e. The predicted octanol–water partition coefficient (Wildman–Crippen LogP) is 5.79. The summed E-state index contributed by atoms with van der Waals surface area (Å²) in [5.74, 6) is 0.178. The van der Waals surface area contributed by atoms with Crippen molar-refractivity contribution in [3.8, 4) is 0 Å². The molecule has 0 aliphatic heterocycles. The van der Waals surface area contributed by atoms with Crippen LogP contribution in [-0.2, 0) is 0 Å². The van der Waals surface area contributed by atoms with Crippen molar-refractivity contribution in [1.29, 1.82) is 0 Å². The number of rotatable bonds is 2. The molecule has 0 atom stereocenters. The van der Waals surface area contributed by atoms with E-state index in [-0.39, 0.29) is 5.03 Å². The molecule has 0 bridgehead atoms. The maximum Gasteiger partial charge on any atom is 0.141 e. The van der Waals surface area contributed by atoms with Gasteiger partial charge < -0.3 is 5.21 Å². The van der Waals surface area contributed by atoms with Gasteiger partial charge in [-0.15, -0.1) is 0 Å². The van der Waals surface area contributed by atoms with Crippen LogP contribution in [-0.4, -0.2) is 10.9 Å². The average molecular weight is 322 g/mol. The van der Waals surface area contributed by atoms with Crippen molar-refractivity contribution in [2.24, 2.45) is 11.1 Å². The highest BCUT2D eigenvalue weighted by Crippen LogP contribution is 2.41. The molecular formula is C18H21ClFNO. The normalized spacial score (nSPS) is 25.9. The van der Waals surface area contributed by atoms with Crippen LogP contribution in [0.4, 0.5) is 4.39 Å². The van der Waals surface area contributed by atoms with Crippen molar-refractivity contribution in [2.75, 3.05) is 0 Å². The summed E-state index contributed by atoms with van der Waals surface area (Å²) >= 11 is 5.89. The van der Waals surface area contributed by atoms with Gasteiger partial charge in [0.05, 0.1) is 10.7 Å². The zero-order valence-corrected chi connectivity index (χ0v) is 13.4. The molecule has 1 saturated carbocycles. The van der Waals surface area contributed by atoms with Crippen molar-refractivity contribution < 1.29 is 9.60 Å². The minimum atomic E-state index is -0.406. The lowest BCUT2D eigenvalue weighted by molar-refractivity contribution is 0.318. The SMILES string of the molecule is O/N=C1/CCC(C2CCCCC2)=C1C1=CC=C(F)C(Cl)=CC1. The van der Waals surface area contributed by atoms with E-state index >= 15 is 0 Å². The Morgan fingerprint density at radius 3 is 2.64 bits per heavy atom. The van der Waals surface area contributed by atoms with Gasteiger partial charge in [-0.1, -0.05) is 53.7 Å². The molecule has 1 fully saturated rings. The third kappa shape index (κ3) is 3.05. The zero-order chi connectivity index (χ0) is 15.5. The molecule has 0 aromatic rings. The van der Waals surface area contributed by atoms with E-state index in [1.807, 2.05) is 0 Å². The lowest BCUT2D eigenvalue weighted by Crippen LogP contribution is -2.11. The third-order valence-corrected chi connectivity index (χ3v) is 5.28. The van der Waals surface area contributed by atoms with Crippen LogP contribution >= 0.6 is 11.6 Å². The van der Waals surface area contributed by atoms with Crippen LogP contribution in [0, 0.1) is 5.92 Å². The van der Waals surface area contributed by atoms with E-state index in [1.54, 1.807) is 12.2 Å². The number of oxime groups is 1. The van der Waals surface area contributed by atoms with Gasteiger partial charge in [0.2, 0.25) is 0 Å². The zero-order valence-electron chi connectivity index (χ0n) is 12.6. The number of hydrogen-bond donors (Lipinski definition) is 1. The molecule has 3 aliphatic rings. The highest BCUT2D eigenvalue weighted by molar-refractivity contribution is 6.31. The minimum absolute atomic E-state index is 0.159. The lowest BCUT2D eigenvalue weighted by Gasteiger charge is -2.24. The van der Waals surface area contributed by atoms with Crippen molar-refractivity contribution in [3.63, 3.8) is 0 Å². The summed E-state index contributed by atoms with van der Waals surface area (Å²) in [7, 11) is 0. The topological polar surface area (TPSA) is 32.6 Å². The van der Waals surface area contributed by atoms with Crippen LogP contribution in [0.15, 0.2) is 51.0 Å².